The van der Waals surface area contributed by atoms with Gasteiger partial charge in [-0.15, -0.1) is 24.8 Å². The second kappa shape index (κ2) is 11.4. The Bertz CT molecular complexity index is 1030. The average molecular weight is 585 g/mol. The molecule has 0 aliphatic carbocycles. The summed E-state index contributed by atoms with van der Waals surface area (Å²) >= 11 is 3.38. The van der Waals surface area contributed by atoms with Crippen LogP contribution in [-0.2, 0) is 14.8 Å². The number of nitrogens with one attached hydrogen (secondary N) is 2. The second-order valence-corrected chi connectivity index (χ2v) is 10.8. The van der Waals surface area contributed by atoms with Crippen LogP contribution in [0.4, 0.5) is 0 Å². The Labute approximate surface area is 215 Å². The molecule has 3 aliphatic rings. The average Bonchev–Trinajstić information content (AvgIpc) is 2.75. The van der Waals surface area contributed by atoms with E-state index in [4.69, 9.17) is 10.1 Å². The first-order valence-electron chi connectivity index (χ1n) is 10.3. The van der Waals surface area contributed by atoms with E-state index in [0.717, 1.165) is 30.4 Å². The molecule has 0 bridgehead atoms. The van der Waals surface area contributed by atoms with Gasteiger partial charge in [-0.25, -0.2) is 8.42 Å². The lowest BCUT2D eigenvalue weighted by molar-refractivity contribution is -0.150. The summed E-state index contributed by atoms with van der Waals surface area (Å²) in [6.07, 6.45) is 3.28. The summed E-state index contributed by atoms with van der Waals surface area (Å²) in [4.78, 5) is 13.1. The summed E-state index contributed by atoms with van der Waals surface area (Å²) in [5.74, 6) is 0.595. The number of hydrogen-bond donors (Lipinski definition) is 2. The van der Waals surface area contributed by atoms with Crippen LogP contribution >= 0.6 is 40.7 Å². The zero-order chi connectivity index (χ0) is 22.2. The summed E-state index contributed by atoms with van der Waals surface area (Å²) in [6, 6.07) is 5.48. The number of piperidine rings is 1. The first-order chi connectivity index (χ1) is 14.8. The number of sulfonamides is 1. The fourth-order valence-corrected chi connectivity index (χ4v) is 5.97. The van der Waals surface area contributed by atoms with Gasteiger partial charge < -0.3 is 10.1 Å². The summed E-state index contributed by atoms with van der Waals surface area (Å²) in [5, 5.41) is 14.8. The highest BCUT2D eigenvalue weighted by Gasteiger charge is 2.39. The predicted molar refractivity (Wildman–Crippen MR) is 135 cm³/mol. The molecule has 184 valence electrons. The molecule has 0 spiro atoms. The molecule has 2 saturated heterocycles. The van der Waals surface area contributed by atoms with Gasteiger partial charge in [-0.3, -0.25) is 20.2 Å². The zero-order valence-corrected chi connectivity index (χ0v) is 22.2. The van der Waals surface area contributed by atoms with Gasteiger partial charge in [-0.1, -0.05) is 22.0 Å². The van der Waals surface area contributed by atoms with Crippen LogP contribution in [-0.4, -0.2) is 79.9 Å². The molecule has 3 aliphatic heterocycles. The van der Waals surface area contributed by atoms with Crippen molar-refractivity contribution in [2.75, 3.05) is 39.3 Å². The van der Waals surface area contributed by atoms with E-state index < -0.39 is 10.0 Å². The van der Waals surface area contributed by atoms with Crippen molar-refractivity contribution in [3.05, 3.63) is 33.1 Å². The summed E-state index contributed by atoms with van der Waals surface area (Å²) in [5.41, 5.74) is 0.689. The highest BCUT2D eigenvalue weighted by atomic mass is 79.9. The fraction of sp³-hybridized carbons (Fsp3) is 0.500. The van der Waals surface area contributed by atoms with E-state index in [9.17, 15) is 13.2 Å². The van der Waals surface area contributed by atoms with E-state index >= 15 is 0 Å². The first-order valence-corrected chi connectivity index (χ1v) is 12.5. The number of amides is 1. The van der Waals surface area contributed by atoms with Crippen LogP contribution in [0.2, 0.25) is 0 Å². The SMILES string of the molecule is CC(=N)N(C1CCNCC1)N1CCN(S(=O)(=O)C2=Cc3ccc(Br)cc3OC2)CC1=O.Cl.Cl. The van der Waals surface area contributed by atoms with Gasteiger partial charge in [0.2, 0.25) is 10.0 Å². The van der Waals surface area contributed by atoms with Gasteiger partial charge in [0.25, 0.3) is 5.91 Å². The molecule has 13 heteroatoms. The van der Waals surface area contributed by atoms with Crippen molar-refractivity contribution >= 4 is 68.6 Å². The Morgan fingerprint density at radius 1 is 1.24 bits per heavy atom. The molecule has 9 nitrogen and oxygen atoms in total. The third-order valence-corrected chi connectivity index (χ3v) is 8.14. The highest BCUT2D eigenvalue weighted by Crippen LogP contribution is 2.32. The molecule has 1 aromatic rings. The molecule has 0 unspecified atom stereocenters. The van der Waals surface area contributed by atoms with Gasteiger partial charge >= 0.3 is 0 Å². The van der Waals surface area contributed by atoms with Gasteiger partial charge in [0.1, 0.15) is 18.2 Å². The van der Waals surface area contributed by atoms with Crippen molar-refractivity contribution in [3.63, 3.8) is 0 Å². The third-order valence-electron chi connectivity index (χ3n) is 5.75. The number of benzene rings is 1. The van der Waals surface area contributed by atoms with Gasteiger partial charge in [0.05, 0.1) is 24.0 Å². The van der Waals surface area contributed by atoms with E-state index in [0.29, 0.717) is 17.1 Å². The van der Waals surface area contributed by atoms with Crippen molar-refractivity contribution in [1.29, 1.82) is 5.41 Å². The molecule has 2 N–H and O–H groups in total. The Kier molecular flexibility index (Phi) is 9.60. The largest absolute Gasteiger partial charge is 0.487 e. The number of ether oxygens (including phenoxy) is 1. The van der Waals surface area contributed by atoms with Crippen LogP contribution in [0.1, 0.15) is 25.3 Å². The number of carbonyl (C=O) groups is 1. The van der Waals surface area contributed by atoms with E-state index in [1.165, 1.54) is 4.31 Å². The number of amidine groups is 1. The molecule has 1 amide bonds. The molecular formula is C20H28BrCl2N5O4S. The zero-order valence-electron chi connectivity index (χ0n) is 18.1. The summed E-state index contributed by atoms with van der Waals surface area (Å²) in [6.45, 7) is 3.41. The molecule has 2 fully saturated rings. The number of fused-ring (bicyclic) bond motifs is 1. The Hall–Kier alpha value is -1.37. The summed E-state index contributed by atoms with van der Waals surface area (Å²) in [7, 11) is -3.84. The molecule has 3 heterocycles. The van der Waals surface area contributed by atoms with Crippen molar-refractivity contribution in [3.8, 4) is 5.75 Å². The number of carbonyl (C=O) groups excluding carboxylic acids is 1. The third kappa shape index (κ3) is 5.83. The Morgan fingerprint density at radius 2 is 1.94 bits per heavy atom. The maximum atomic E-state index is 13.2. The van der Waals surface area contributed by atoms with Crippen molar-refractivity contribution in [2.45, 2.75) is 25.8 Å². The summed E-state index contributed by atoms with van der Waals surface area (Å²) < 4.78 is 34.1. The van der Waals surface area contributed by atoms with Crippen molar-refractivity contribution in [1.82, 2.24) is 19.6 Å². The van der Waals surface area contributed by atoms with Gasteiger partial charge in [0.15, 0.2) is 0 Å². The standard InChI is InChI=1S/C20H26BrN5O4S.2ClH/c1-14(22)26(17-4-6-23-7-5-17)25-9-8-24(12-20(25)27)31(28,29)18-10-15-2-3-16(21)11-19(15)30-13-18;;/h2-3,10-11,17,22-23H,4-9,12-13H2,1H3;2*1H. The van der Waals surface area contributed by atoms with Crippen LogP contribution in [0.3, 0.4) is 0 Å². The molecule has 0 radical (unpaired) electrons. The van der Waals surface area contributed by atoms with Crippen molar-refractivity contribution < 1.29 is 17.9 Å². The maximum absolute atomic E-state index is 13.2. The molecule has 33 heavy (non-hydrogen) atoms. The number of nitrogens with zero attached hydrogens (tertiary/aromatic N) is 3. The van der Waals surface area contributed by atoms with Gasteiger partial charge in [-0.05, 0) is 51.1 Å². The number of piperazine rings is 1. The van der Waals surface area contributed by atoms with E-state index in [2.05, 4.69) is 21.2 Å². The monoisotopic (exact) mass is 583 g/mol. The lowest BCUT2D eigenvalue weighted by atomic mass is 10.1. The number of rotatable bonds is 4. The van der Waals surface area contributed by atoms with Crippen LogP contribution < -0.4 is 10.1 Å². The molecule has 0 aromatic heterocycles. The fourth-order valence-electron chi connectivity index (χ4n) is 4.21. The molecule has 4 rings (SSSR count). The van der Waals surface area contributed by atoms with Crippen LogP contribution in [0.25, 0.3) is 6.08 Å². The van der Waals surface area contributed by atoms with E-state index in [-0.39, 0.29) is 67.9 Å². The molecule has 1 aromatic carbocycles. The molecule has 0 atom stereocenters. The van der Waals surface area contributed by atoms with Crippen LogP contribution in [0, 0.1) is 5.41 Å². The lowest BCUT2D eigenvalue weighted by Gasteiger charge is -2.45. The quantitative estimate of drug-likeness (QED) is 0.416. The van der Waals surface area contributed by atoms with E-state index in [1.54, 1.807) is 35.2 Å². The van der Waals surface area contributed by atoms with Gasteiger partial charge in [-0.2, -0.15) is 4.31 Å². The normalized spacial score (nSPS) is 19.4. The molecule has 0 saturated carbocycles. The van der Waals surface area contributed by atoms with Gasteiger partial charge in [0, 0.05) is 16.6 Å². The highest BCUT2D eigenvalue weighted by molar-refractivity contribution is 9.10. The predicted octanol–water partition coefficient (Wildman–Crippen LogP) is 2.47. The minimum absolute atomic E-state index is 0. The minimum atomic E-state index is -3.84. The van der Waals surface area contributed by atoms with Crippen molar-refractivity contribution in [2.24, 2.45) is 0 Å². The second-order valence-electron chi connectivity index (χ2n) is 7.85. The van der Waals surface area contributed by atoms with Crippen LogP contribution in [0.5, 0.6) is 5.75 Å². The van der Waals surface area contributed by atoms with Crippen LogP contribution in [0.15, 0.2) is 27.6 Å². The lowest BCUT2D eigenvalue weighted by Crippen LogP contribution is -2.62. The number of hydrogen-bond acceptors (Lipinski definition) is 6. The molecular weight excluding hydrogens is 557 g/mol. The smallest absolute Gasteiger partial charge is 0.256 e. The number of hydrazine groups is 1. The Morgan fingerprint density at radius 3 is 2.58 bits per heavy atom. The topological polar surface area (TPSA) is 106 Å². The van der Waals surface area contributed by atoms with E-state index in [1.807, 2.05) is 6.07 Å². The maximum Gasteiger partial charge on any atom is 0.256 e. The number of halogens is 3. The minimum Gasteiger partial charge on any atom is -0.487 e. The Balaban J connectivity index is 0.00000193. The first kappa shape index (κ1) is 27.9.